The summed E-state index contributed by atoms with van der Waals surface area (Å²) >= 11 is 0. The molecule has 0 aromatic rings. The Labute approximate surface area is 96.3 Å². The predicted octanol–water partition coefficient (Wildman–Crippen LogP) is 0.642. The van der Waals surface area contributed by atoms with Crippen molar-refractivity contribution in [3.8, 4) is 0 Å². The summed E-state index contributed by atoms with van der Waals surface area (Å²) in [7, 11) is 0. The van der Waals surface area contributed by atoms with E-state index in [2.05, 4.69) is 5.32 Å². The molecule has 16 heavy (non-hydrogen) atoms. The average Bonchev–Trinajstić information content (AvgIpc) is 2.94. The van der Waals surface area contributed by atoms with Gasteiger partial charge in [0.05, 0.1) is 19.3 Å². The van der Waals surface area contributed by atoms with Gasteiger partial charge in [0, 0.05) is 24.8 Å². The molecule has 4 nitrogen and oxygen atoms in total. The Balaban J connectivity index is 1.70. The molecule has 1 aliphatic carbocycles. The van der Waals surface area contributed by atoms with E-state index in [4.69, 9.17) is 9.47 Å². The summed E-state index contributed by atoms with van der Waals surface area (Å²) in [6, 6.07) is 0.458. The van der Waals surface area contributed by atoms with Gasteiger partial charge >= 0.3 is 0 Å². The molecule has 2 heterocycles. The third kappa shape index (κ3) is 1.88. The highest BCUT2D eigenvalue weighted by molar-refractivity contribution is 4.94. The molecule has 1 saturated carbocycles. The van der Waals surface area contributed by atoms with Crippen LogP contribution < -0.4 is 5.32 Å². The van der Waals surface area contributed by atoms with Crippen LogP contribution in [0, 0.1) is 5.92 Å². The highest BCUT2D eigenvalue weighted by atomic mass is 16.7. The van der Waals surface area contributed by atoms with Gasteiger partial charge in [-0.3, -0.25) is 0 Å². The Morgan fingerprint density at radius 3 is 2.69 bits per heavy atom. The summed E-state index contributed by atoms with van der Waals surface area (Å²) in [4.78, 5) is 0. The molecule has 0 radical (unpaired) electrons. The lowest BCUT2D eigenvalue weighted by molar-refractivity contribution is -0.204. The van der Waals surface area contributed by atoms with Crippen molar-refractivity contribution in [2.45, 2.75) is 50.0 Å². The summed E-state index contributed by atoms with van der Waals surface area (Å²) in [5, 5.41) is 13.6. The van der Waals surface area contributed by atoms with Crippen molar-refractivity contribution in [2.75, 3.05) is 19.8 Å². The molecule has 3 atom stereocenters. The van der Waals surface area contributed by atoms with Crippen molar-refractivity contribution in [1.82, 2.24) is 5.32 Å². The summed E-state index contributed by atoms with van der Waals surface area (Å²) in [6.07, 6.45) is 4.72. The van der Waals surface area contributed by atoms with E-state index in [0.29, 0.717) is 25.2 Å². The molecule has 0 amide bonds. The van der Waals surface area contributed by atoms with E-state index < -0.39 is 0 Å². The second-order valence-electron chi connectivity index (χ2n) is 5.28. The standard InChI is InChI=1S/C12H21NO3/c14-11-3-4-12(15-6-7-16-12)8-9(11)10-2-1-5-13-10/h9-11,13-14H,1-8H2. The van der Waals surface area contributed by atoms with Crippen molar-refractivity contribution in [3.63, 3.8) is 0 Å². The van der Waals surface area contributed by atoms with Crippen LogP contribution in [0.15, 0.2) is 0 Å². The van der Waals surface area contributed by atoms with Gasteiger partial charge in [0.2, 0.25) is 0 Å². The van der Waals surface area contributed by atoms with E-state index >= 15 is 0 Å². The topological polar surface area (TPSA) is 50.7 Å². The lowest BCUT2D eigenvalue weighted by Gasteiger charge is -2.41. The van der Waals surface area contributed by atoms with Gasteiger partial charge in [0.25, 0.3) is 0 Å². The molecule has 3 aliphatic rings. The smallest absolute Gasteiger partial charge is 0.169 e. The Morgan fingerprint density at radius 2 is 2.00 bits per heavy atom. The molecular formula is C12H21NO3. The van der Waals surface area contributed by atoms with Crippen LogP contribution in [-0.2, 0) is 9.47 Å². The van der Waals surface area contributed by atoms with E-state index in [1.165, 1.54) is 12.8 Å². The Hall–Kier alpha value is -0.160. The van der Waals surface area contributed by atoms with Crippen molar-refractivity contribution < 1.29 is 14.6 Å². The highest BCUT2D eigenvalue weighted by Crippen LogP contribution is 2.41. The monoisotopic (exact) mass is 227 g/mol. The molecule has 2 aliphatic heterocycles. The van der Waals surface area contributed by atoms with Gasteiger partial charge < -0.3 is 19.9 Å². The van der Waals surface area contributed by atoms with E-state index in [-0.39, 0.29) is 11.9 Å². The van der Waals surface area contributed by atoms with Crippen LogP contribution in [0.4, 0.5) is 0 Å². The zero-order valence-corrected chi connectivity index (χ0v) is 9.65. The molecule has 3 fully saturated rings. The maximum absolute atomic E-state index is 10.1. The first-order valence-electron chi connectivity index (χ1n) is 6.48. The van der Waals surface area contributed by atoms with Gasteiger partial charge in [0.15, 0.2) is 5.79 Å². The molecule has 3 rings (SSSR count). The molecule has 3 unspecified atom stereocenters. The van der Waals surface area contributed by atoms with Crippen molar-refractivity contribution in [3.05, 3.63) is 0 Å². The lowest BCUT2D eigenvalue weighted by atomic mass is 9.77. The first kappa shape index (κ1) is 11.0. The third-order valence-electron chi connectivity index (χ3n) is 4.29. The molecule has 92 valence electrons. The number of hydrogen-bond donors (Lipinski definition) is 2. The fourth-order valence-electron chi connectivity index (χ4n) is 3.43. The van der Waals surface area contributed by atoms with E-state index in [0.717, 1.165) is 25.8 Å². The number of aliphatic hydroxyl groups is 1. The highest BCUT2D eigenvalue weighted by Gasteiger charge is 2.47. The van der Waals surface area contributed by atoms with Gasteiger partial charge in [-0.2, -0.15) is 0 Å². The first-order chi connectivity index (χ1) is 7.79. The number of nitrogens with one attached hydrogen (secondary N) is 1. The van der Waals surface area contributed by atoms with Gasteiger partial charge in [-0.25, -0.2) is 0 Å². The lowest BCUT2D eigenvalue weighted by Crippen LogP contribution is -2.49. The van der Waals surface area contributed by atoms with Crippen LogP contribution in [0.1, 0.15) is 32.1 Å². The minimum absolute atomic E-state index is 0.186. The van der Waals surface area contributed by atoms with Gasteiger partial charge in [0.1, 0.15) is 0 Å². The Kier molecular flexibility index (Phi) is 2.92. The summed E-state index contributed by atoms with van der Waals surface area (Å²) < 4.78 is 11.5. The fraction of sp³-hybridized carbons (Fsp3) is 1.00. The summed E-state index contributed by atoms with van der Waals surface area (Å²) in [6.45, 7) is 2.50. The van der Waals surface area contributed by atoms with Crippen LogP contribution in [-0.4, -0.2) is 42.8 Å². The Morgan fingerprint density at radius 1 is 1.19 bits per heavy atom. The second-order valence-corrected chi connectivity index (χ2v) is 5.28. The fourth-order valence-corrected chi connectivity index (χ4v) is 3.43. The zero-order chi connectivity index (χ0) is 11.0. The van der Waals surface area contributed by atoms with Gasteiger partial charge in [-0.05, 0) is 25.8 Å². The first-order valence-corrected chi connectivity index (χ1v) is 6.48. The molecule has 2 saturated heterocycles. The van der Waals surface area contributed by atoms with E-state index in [1.807, 2.05) is 0 Å². The third-order valence-corrected chi connectivity index (χ3v) is 4.29. The summed E-state index contributed by atoms with van der Waals surface area (Å²) in [5.74, 6) is -0.0666. The molecule has 0 aromatic heterocycles. The zero-order valence-electron chi connectivity index (χ0n) is 9.65. The maximum Gasteiger partial charge on any atom is 0.169 e. The van der Waals surface area contributed by atoms with Crippen molar-refractivity contribution in [1.29, 1.82) is 0 Å². The SMILES string of the molecule is OC1CCC2(CC1C1CCCN1)OCCO2. The van der Waals surface area contributed by atoms with Crippen LogP contribution >= 0.6 is 0 Å². The largest absolute Gasteiger partial charge is 0.393 e. The molecule has 0 bridgehead atoms. The number of rotatable bonds is 1. The maximum atomic E-state index is 10.1. The van der Waals surface area contributed by atoms with Crippen LogP contribution in [0.5, 0.6) is 0 Å². The average molecular weight is 227 g/mol. The van der Waals surface area contributed by atoms with Crippen LogP contribution in [0.2, 0.25) is 0 Å². The normalized spacial score (nSPS) is 42.9. The van der Waals surface area contributed by atoms with E-state index in [1.54, 1.807) is 0 Å². The molecule has 1 spiro atoms. The number of hydrogen-bond acceptors (Lipinski definition) is 4. The van der Waals surface area contributed by atoms with E-state index in [9.17, 15) is 5.11 Å². The number of ether oxygens (including phenoxy) is 2. The van der Waals surface area contributed by atoms with Gasteiger partial charge in [-0.15, -0.1) is 0 Å². The molecule has 0 aromatic carbocycles. The van der Waals surface area contributed by atoms with Crippen LogP contribution in [0.25, 0.3) is 0 Å². The van der Waals surface area contributed by atoms with Crippen LogP contribution in [0.3, 0.4) is 0 Å². The molecular weight excluding hydrogens is 206 g/mol. The van der Waals surface area contributed by atoms with Crippen molar-refractivity contribution in [2.24, 2.45) is 5.92 Å². The molecule has 4 heteroatoms. The molecule has 2 N–H and O–H groups in total. The predicted molar refractivity (Wildman–Crippen MR) is 59.0 cm³/mol. The number of aliphatic hydroxyl groups excluding tert-OH is 1. The van der Waals surface area contributed by atoms with Gasteiger partial charge in [-0.1, -0.05) is 0 Å². The second kappa shape index (κ2) is 4.26. The quantitative estimate of drug-likeness (QED) is 0.690. The summed E-state index contributed by atoms with van der Waals surface area (Å²) in [5.41, 5.74) is 0. The van der Waals surface area contributed by atoms with Crippen molar-refractivity contribution >= 4 is 0 Å². The Bertz CT molecular complexity index is 247. The minimum atomic E-state index is -0.367. The minimum Gasteiger partial charge on any atom is -0.393 e.